The van der Waals surface area contributed by atoms with Crippen LogP contribution in [0.5, 0.6) is 5.75 Å². The van der Waals surface area contributed by atoms with Crippen molar-refractivity contribution in [3.63, 3.8) is 0 Å². The lowest BCUT2D eigenvalue weighted by molar-refractivity contribution is -0.136. The van der Waals surface area contributed by atoms with Gasteiger partial charge < -0.3 is 15.0 Å². The number of amides is 2. The fourth-order valence-electron chi connectivity index (χ4n) is 3.86. The number of rotatable bonds is 7. The van der Waals surface area contributed by atoms with Gasteiger partial charge in [0, 0.05) is 26.2 Å². The summed E-state index contributed by atoms with van der Waals surface area (Å²) in [4.78, 5) is 26.4. The summed E-state index contributed by atoms with van der Waals surface area (Å²) < 4.78 is 33.1. The molecule has 0 unspecified atom stereocenters. The Labute approximate surface area is 172 Å². The van der Waals surface area contributed by atoms with E-state index < -0.39 is 10.0 Å². The predicted molar refractivity (Wildman–Crippen MR) is 109 cm³/mol. The minimum Gasteiger partial charge on any atom is -0.482 e. The van der Waals surface area contributed by atoms with E-state index in [1.54, 1.807) is 6.07 Å². The lowest BCUT2D eigenvalue weighted by Crippen LogP contribution is -2.47. The number of carbonyl (C=O) groups is 2. The van der Waals surface area contributed by atoms with Gasteiger partial charge in [-0.05, 0) is 43.9 Å². The fraction of sp³-hybridized carbons (Fsp3) is 0.600. The Balaban J connectivity index is 1.78. The molecule has 0 saturated carbocycles. The summed E-state index contributed by atoms with van der Waals surface area (Å²) in [7, 11) is -3.77. The summed E-state index contributed by atoms with van der Waals surface area (Å²) in [6.45, 7) is 5.94. The first kappa shape index (κ1) is 21.6. The maximum absolute atomic E-state index is 13.2. The van der Waals surface area contributed by atoms with Crippen LogP contribution < -0.4 is 10.1 Å². The van der Waals surface area contributed by atoms with Gasteiger partial charge >= 0.3 is 0 Å². The molecular weight excluding hydrogens is 394 g/mol. The van der Waals surface area contributed by atoms with E-state index in [-0.39, 0.29) is 35.8 Å². The van der Waals surface area contributed by atoms with E-state index in [1.165, 1.54) is 16.4 Å². The Morgan fingerprint density at radius 2 is 2.00 bits per heavy atom. The van der Waals surface area contributed by atoms with Gasteiger partial charge in [-0.25, -0.2) is 8.42 Å². The van der Waals surface area contributed by atoms with Gasteiger partial charge in [0.25, 0.3) is 5.91 Å². The highest BCUT2D eigenvalue weighted by molar-refractivity contribution is 7.89. The monoisotopic (exact) mass is 423 g/mol. The maximum Gasteiger partial charge on any atom is 0.262 e. The van der Waals surface area contributed by atoms with Crippen LogP contribution in [0.25, 0.3) is 0 Å². The van der Waals surface area contributed by atoms with Crippen LogP contribution in [-0.4, -0.2) is 62.2 Å². The molecule has 2 aliphatic heterocycles. The molecule has 2 amide bonds. The van der Waals surface area contributed by atoms with Gasteiger partial charge in [0.15, 0.2) is 6.61 Å². The molecule has 1 aromatic carbocycles. The zero-order chi connectivity index (χ0) is 21.0. The van der Waals surface area contributed by atoms with Gasteiger partial charge in [-0.15, -0.1) is 0 Å². The Bertz CT molecular complexity index is 865. The summed E-state index contributed by atoms with van der Waals surface area (Å²) >= 11 is 0. The van der Waals surface area contributed by atoms with E-state index in [1.807, 2.05) is 18.7 Å². The highest BCUT2D eigenvalue weighted by Crippen LogP contribution is 2.32. The third-order valence-electron chi connectivity index (χ3n) is 5.25. The molecule has 1 N–H and O–H groups in total. The highest BCUT2D eigenvalue weighted by atomic mass is 32.2. The minimum absolute atomic E-state index is 0.0414. The molecule has 0 bridgehead atoms. The Morgan fingerprint density at radius 3 is 2.69 bits per heavy atom. The molecule has 160 valence electrons. The van der Waals surface area contributed by atoms with Gasteiger partial charge in [0.05, 0.1) is 16.5 Å². The molecule has 0 aromatic heterocycles. The Hall–Kier alpha value is -2.13. The third-order valence-corrected chi connectivity index (χ3v) is 7.11. The second-order valence-corrected chi connectivity index (χ2v) is 9.46. The number of fused-ring (bicyclic) bond motifs is 1. The topological polar surface area (TPSA) is 96.0 Å². The molecule has 1 fully saturated rings. The van der Waals surface area contributed by atoms with Crippen molar-refractivity contribution >= 4 is 27.5 Å². The van der Waals surface area contributed by atoms with Crippen molar-refractivity contribution in [2.75, 3.05) is 38.1 Å². The first-order chi connectivity index (χ1) is 13.9. The second kappa shape index (κ2) is 9.13. The van der Waals surface area contributed by atoms with Gasteiger partial charge in [0.1, 0.15) is 5.75 Å². The number of piperidine rings is 1. The quantitative estimate of drug-likeness (QED) is 0.724. The SMILES string of the molecule is CCCN(CCC)C(=O)[C@H]1CCCN(S(=O)(=O)c2ccc3c(c2)NC(=O)CO3)C1. The average molecular weight is 424 g/mol. The summed E-state index contributed by atoms with van der Waals surface area (Å²) in [5.74, 6) is -0.148. The summed E-state index contributed by atoms with van der Waals surface area (Å²) in [5.41, 5.74) is 0.351. The summed E-state index contributed by atoms with van der Waals surface area (Å²) in [6.07, 6.45) is 3.10. The van der Waals surface area contributed by atoms with Crippen LogP contribution in [0, 0.1) is 5.92 Å². The predicted octanol–water partition coefficient (Wildman–Crippen LogP) is 2.07. The number of hydrogen-bond acceptors (Lipinski definition) is 5. The van der Waals surface area contributed by atoms with Crippen LogP contribution in [0.2, 0.25) is 0 Å². The van der Waals surface area contributed by atoms with Crippen LogP contribution in [0.4, 0.5) is 5.69 Å². The molecule has 1 saturated heterocycles. The fourth-order valence-corrected chi connectivity index (χ4v) is 5.41. The smallest absolute Gasteiger partial charge is 0.262 e. The Morgan fingerprint density at radius 1 is 1.28 bits per heavy atom. The number of hydrogen-bond donors (Lipinski definition) is 1. The molecular formula is C20H29N3O5S. The summed E-state index contributed by atoms with van der Waals surface area (Å²) in [5, 5.41) is 2.64. The van der Waals surface area contributed by atoms with Gasteiger partial charge in [-0.2, -0.15) is 4.31 Å². The van der Waals surface area contributed by atoms with Crippen molar-refractivity contribution in [3.8, 4) is 5.75 Å². The van der Waals surface area contributed by atoms with Crippen molar-refractivity contribution in [2.45, 2.75) is 44.4 Å². The van der Waals surface area contributed by atoms with Crippen molar-refractivity contribution in [1.82, 2.24) is 9.21 Å². The molecule has 1 atom stereocenters. The number of sulfonamides is 1. The second-order valence-electron chi connectivity index (χ2n) is 7.52. The molecule has 2 aliphatic rings. The van der Waals surface area contributed by atoms with Crippen molar-refractivity contribution in [3.05, 3.63) is 18.2 Å². The van der Waals surface area contributed by atoms with Crippen molar-refractivity contribution in [2.24, 2.45) is 5.92 Å². The standard InChI is InChI=1S/C20H29N3O5S/c1-3-9-22(10-4-2)20(25)15-6-5-11-23(13-15)29(26,27)16-7-8-18-17(12-16)21-19(24)14-28-18/h7-8,12,15H,3-6,9-11,13-14H2,1-2H3,(H,21,24)/t15-/m0/s1. The van der Waals surface area contributed by atoms with Gasteiger partial charge in [0.2, 0.25) is 15.9 Å². The maximum atomic E-state index is 13.2. The van der Waals surface area contributed by atoms with Gasteiger partial charge in [-0.3, -0.25) is 9.59 Å². The zero-order valence-electron chi connectivity index (χ0n) is 17.0. The molecule has 9 heteroatoms. The van der Waals surface area contributed by atoms with Crippen molar-refractivity contribution < 1.29 is 22.7 Å². The third kappa shape index (κ3) is 4.72. The zero-order valence-corrected chi connectivity index (χ0v) is 17.8. The molecule has 29 heavy (non-hydrogen) atoms. The number of carbonyl (C=O) groups excluding carboxylic acids is 2. The van der Waals surface area contributed by atoms with E-state index in [0.717, 1.165) is 12.8 Å². The van der Waals surface area contributed by atoms with Gasteiger partial charge in [-0.1, -0.05) is 13.8 Å². The number of anilines is 1. The van der Waals surface area contributed by atoms with E-state index >= 15 is 0 Å². The molecule has 1 aromatic rings. The van der Waals surface area contributed by atoms with E-state index in [4.69, 9.17) is 4.74 Å². The highest BCUT2D eigenvalue weighted by Gasteiger charge is 2.35. The van der Waals surface area contributed by atoms with Crippen LogP contribution in [0.1, 0.15) is 39.5 Å². The number of ether oxygens (including phenoxy) is 1. The number of nitrogens with one attached hydrogen (secondary N) is 1. The largest absolute Gasteiger partial charge is 0.482 e. The minimum atomic E-state index is -3.77. The van der Waals surface area contributed by atoms with Crippen LogP contribution in [-0.2, 0) is 19.6 Å². The van der Waals surface area contributed by atoms with E-state index in [9.17, 15) is 18.0 Å². The molecule has 3 rings (SSSR count). The molecule has 0 spiro atoms. The molecule has 8 nitrogen and oxygen atoms in total. The molecule has 0 radical (unpaired) electrons. The van der Waals surface area contributed by atoms with Crippen LogP contribution >= 0.6 is 0 Å². The van der Waals surface area contributed by atoms with E-state index in [0.29, 0.717) is 43.9 Å². The number of nitrogens with zero attached hydrogens (tertiary/aromatic N) is 2. The van der Waals surface area contributed by atoms with Crippen molar-refractivity contribution in [1.29, 1.82) is 0 Å². The van der Waals surface area contributed by atoms with Crippen LogP contribution in [0.15, 0.2) is 23.1 Å². The number of benzene rings is 1. The molecule has 0 aliphatic carbocycles. The van der Waals surface area contributed by atoms with Crippen LogP contribution in [0.3, 0.4) is 0 Å². The first-order valence-corrected chi connectivity index (χ1v) is 11.7. The molecule has 2 heterocycles. The van der Waals surface area contributed by atoms with E-state index in [2.05, 4.69) is 5.32 Å². The normalized spacial score (nSPS) is 19.8. The Kier molecular flexibility index (Phi) is 6.79. The first-order valence-electron chi connectivity index (χ1n) is 10.2. The lowest BCUT2D eigenvalue weighted by atomic mass is 9.98. The summed E-state index contributed by atoms with van der Waals surface area (Å²) in [6, 6.07) is 4.46. The lowest BCUT2D eigenvalue weighted by Gasteiger charge is -2.34. The average Bonchev–Trinajstić information content (AvgIpc) is 2.72.